The van der Waals surface area contributed by atoms with Crippen molar-refractivity contribution in [2.24, 2.45) is 0 Å². The number of carbonyl (C=O) groups is 3. The van der Waals surface area contributed by atoms with Crippen LogP contribution >= 0.6 is 0 Å². The van der Waals surface area contributed by atoms with Crippen molar-refractivity contribution in [3.8, 4) is 0 Å². The number of carboxylic acid groups (broad SMARTS) is 1. The Balaban J connectivity index is 4.17. The summed E-state index contributed by atoms with van der Waals surface area (Å²) in [6.45, 7) is 4.77. The van der Waals surface area contributed by atoms with Crippen LogP contribution in [0.4, 0.5) is 0 Å². The third-order valence-corrected chi connectivity index (χ3v) is 15.2. The van der Waals surface area contributed by atoms with E-state index >= 15 is 0 Å². The molecule has 0 saturated heterocycles. The van der Waals surface area contributed by atoms with E-state index in [1.807, 2.05) is 21.1 Å². The third kappa shape index (κ3) is 68.9. The predicted octanol–water partition coefficient (Wildman–Crippen LogP) is 22.5. The molecule has 0 radical (unpaired) electrons. The number of hydrogen-bond donors (Lipinski definition) is 1. The molecule has 0 heterocycles. The number of ether oxygens (including phenoxy) is 4. The second kappa shape index (κ2) is 68.3. The van der Waals surface area contributed by atoms with Gasteiger partial charge in [0.2, 0.25) is 0 Å². The molecule has 0 aromatic heterocycles. The zero-order valence-electron chi connectivity index (χ0n) is 57.3. The van der Waals surface area contributed by atoms with Crippen LogP contribution in [0.5, 0.6) is 0 Å². The fourth-order valence-corrected chi connectivity index (χ4v) is 9.73. The Morgan fingerprint density at radius 2 is 0.648 bits per heavy atom. The van der Waals surface area contributed by atoms with E-state index in [4.69, 9.17) is 18.9 Å². The summed E-state index contributed by atoms with van der Waals surface area (Å²) in [5, 5.41) is 9.74. The number of allylic oxidation sites excluding steroid dienone is 22. The Hall–Kier alpha value is -4.57. The maximum atomic E-state index is 12.9. The first-order valence-corrected chi connectivity index (χ1v) is 35.8. The SMILES string of the molecule is CC/C=C\C/C=C\C/C=C\C/C=C\C/C=C\C/C=C\C/C=C\C/C=C\C/C=C\C/C=C\C/C=C\CCCCCCCCCC(=O)OC(COC(=O)CCCCCCCCCCCCCCCCCCCCCCCC)COC(OCC[N+](C)(C)C)C(=O)O. The second-order valence-electron chi connectivity index (χ2n) is 24.8. The lowest BCUT2D eigenvalue weighted by molar-refractivity contribution is -0.870. The van der Waals surface area contributed by atoms with E-state index < -0.39 is 24.3 Å². The van der Waals surface area contributed by atoms with Gasteiger partial charge in [0.05, 0.1) is 34.4 Å². The van der Waals surface area contributed by atoms with E-state index in [0.29, 0.717) is 23.9 Å². The Bertz CT molecular complexity index is 1910. The van der Waals surface area contributed by atoms with Crippen LogP contribution in [-0.4, -0.2) is 87.4 Å². The van der Waals surface area contributed by atoms with Gasteiger partial charge in [0.15, 0.2) is 6.10 Å². The molecule has 0 fully saturated rings. The molecule has 2 atom stereocenters. The minimum absolute atomic E-state index is 0.181. The number of quaternary nitrogens is 1. The highest BCUT2D eigenvalue weighted by Gasteiger charge is 2.25. The van der Waals surface area contributed by atoms with Gasteiger partial charge in [-0.2, -0.15) is 0 Å². The number of carbonyl (C=O) groups excluding carboxylic acids is 2. The van der Waals surface area contributed by atoms with Crippen molar-refractivity contribution in [3.63, 3.8) is 0 Å². The number of hydrogen-bond acceptors (Lipinski definition) is 7. The summed E-state index contributed by atoms with van der Waals surface area (Å²) in [6.07, 6.45) is 95.6. The van der Waals surface area contributed by atoms with Crippen molar-refractivity contribution >= 4 is 17.9 Å². The molecule has 0 spiro atoms. The van der Waals surface area contributed by atoms with E-state index in [-0.39, 0.29) is 32.2 Å². The van der Waals surface area contributed by atoms with Gasteiger partial charge in [0, 0.05) is 12.8 Å². The monoisotopic (exact) mass is 1230 g/mol. The van der Waals surface area contributed by atoms with Gasteiger partial charge in [-0.3, -0.25) is 9.59 Å². The highest BCUT2D eigenvalue weighted by molar-refractivity contribution is 5.71. The normalized spacial score (nSPS) is 13.5. The fraction of sp³-hybridized carbons (Fsp3) is 0.684. The minimum atomic E-state index is -1.52. The van der Waals surface area contributed by atoms with E-state index in [2.05, 4.69) is 148 Å². The number of nitrogens with zero attached hydrogens (tertiary/aromatic N) is 1. The molecule has 2 unspecified atom stereocenters. The molecule has 1 N–H and O–H groups in total. The lowest BCUT2D eigenvalue weighted by Crippen LogP contribution is -2.40. The fourth-order valence-electron chi connectivity index (χ4n) is 9.73. The van der Waals surface area contributed by atoms with Gasteiger partial charge >= 0.3 is 17.9 Å². The molecule has 0 bridgehead atoms. The molecule has 0 rings (SSSR count). The van der Waals surface area contributed by atoms with E-state index in [9.17, 15) is 19.5 Å². The van der Waals surface area contributed by atoms with Crippen LogP contribution in [0, 0.1) is 0 Å². The number of carboxylic acids is 1. The maximum Gasteiger partial charge on any atom is 0.361 e. The zero-order chi connectivity index (χ0) is 64.0. The van der Waals surface area contributed by atoms with Crippen LogP contribution in [0.15, 0.2) is 134 Å². The average molecular weight is 1230 g/mol. The number of likely N-dealkylation sites (N-methyl/N-ethyl adjacent to an activating group) is 1. The molecule has 0 saturated carbocycles. The van der Waals surface area contributed by atoms with Gasteiger partial charge < -0.3 is 28.5 Å². The Labute approximate surface area is 541 Å². The smallest absolute Gasteiger partial charge is 0.361 e. The second-order valence-corrected chi connectivity index (χ2v) is 24.8. The molecule has 0 aromatic rings. The van der Waals surface area contributed by atoms with Gasteiger partial charge in [-0.15, -0.1) is 0 Å². The topological polar surface area (TPSA) is 108 Å². The molecular formula is C79H134NO8+. The Morgan fingerprint density at radius 3 is 0.966 bits per heavy atom. The third-order valence-electron chi connectivity index (χ3n) is 15.2. The number of aliphatic carboxylic acids is 1. The van der Waals surface area contributed by atoms with Crippen LogP contribution in [0.2, 0.25) is 0 Å². The van der Waals surface area contributed by atoms with Crippen LogP contribution in [0.1, 0.15) is 290 Å². The zero-order valence-corrected chi connectivity index (χ0v) is 57.3. The van der Waals surface area contributed by atoms with Gasteiger partial charge in [-0.1, -0.05) is 314 Å². The molecule has 0 aliphatic carbocycles. The van der Waals surface area contributed by atoms with Crippen molar-refractivity contribution in [1.82, 2.24) is 0 Å². The summed E-state index contributed by atoms with van der Waals surface area (Å²) in [5.74, 6) is -2.02. The van der Waals surface area contributed by atoms with Crippen LogP contribution in [-0.2, 0) is 33.3 Å². The number of esters is 2. The summed E-state index contributed by atoms with van der Waals surface area (Å²) in [7, 11) is 5.97. The average Bonchev–Trinajstić information content (AvgIpc) is 3.55. The van der Waals surface area contributed by atoms with Gasteiger partial charge in [0.1, 0.15) is 13.2 Å². The largest absolute Gasteiger partial charge is 0.477 e. The minimum Gasteiger partial charge on any atom is -0.477 e. The molecule has 0 amide bonds. The summed E-state index contributed by atoms with van der Waals surface area (Å²) >= 11 is 0. The first-order chi connectivity index (χ1) is 43.1. The number of unbranched alkanes of at least 4 members (excludes halogenated alkanes) is 28. The van der Waals surface area contributed by atoms with Crippen molar-refractivity contribution in [1.29, 1.82) is 0 Å². The molecule has 0 aliphatic rings. The summed E-state index contributed by atoms with van der Waals surface area (Å²) in [5.41, 5.74) is 0. The summed E-state index contributed by atoms with van der Waals surface area (Å²) in [4.78, 5) is 37.6. The molecule has 9 nitrogen and oxygen atoms in total. The first kappa shape index (κ1) is 83.4. The van der Waals surface area contributed by atoms with Gasteiger partial charge in [0.25, 0.3) is 6.29 Å². The summed E-state index contributed by atoms with van der Waals surface area (Å²) in [6, 6.07) is 0. The maximum absolute atomic E-state index is 12.9. The molecular weight excluding hydrogens is 1090 g/mol. The van der Waals surface area contributed by atoms with Crippen LogP contribution < -0.4 is 0 Å². The number of rotatable bonds is 65. The molecule has 0 aromatic carbocycles. The highest BCUT2D eigenvalue weighted by atomic mass is 16.7. The highest BCUT2D eigenvalue weighted by Crippen LogP contribution is 2.17. The van der Waals surface area contributed by atoms with Gasteiger partial charge in [-0.25, -0.2) is 4.79 Å². The van der Waals surface area contributed by atoms with Gasteiger partial charge in [-0.05, 0) is 96.3 Å². The molecule has 9 heteroatoms. The Morgan fingerprint density at radius 1 is 0.352 bits per heavy atom. The lowest BCUT2D eigenvalue weighted by atomic mass is 10.0. The van der Waals surface area contributed by atoms with Crippen molar-refractivity contribution in [3.05, 3.63) is 134 Å². The van der Waals surface area contributed by atoms with Crippen LogP contribution in [0.25, 0.3) is 0 Å². The van der Waals surface area contributed by atoms with E-state index in [1.54, 1.807) is 0 Å². The lowest BCUT2D eigenvalue weighted by Gasteiger charge is -2.25. The van der Waals surface area contributed by atoms with Crippen molar-refractivity contribution in [2.45, 2.75) is 302 Å². The first-order valence-electron chi connectivity index (χ1n) is 35.8. The molecule has 502 valence electrons. The van der Waals surface area contributed by atoms with Crippen molar-refractivity contribution < 1.29 is 42.9 Å². The molecule has 88 heavy (non-hydrogen) atoms. The van der Waals surface area contributed by atoms with E-state index in [1.165, 1.54) is 141 Å². The summed E-state index contributed by atoms with van der Waals surface area (Å²) < 4.78 is 23.0. The standard InChI is InChI=1S/C79H133NO8/c1-6-8-10-12-14-16-18-20-22-24-26-28-30-31-32-33-34-35-36-37-38-39-40-41-42-43-44-45-46-47-48-50-52-54-56-58-60-62-64-66-68-70-77(82)88-75(74-87-79(78(83)84)85-72-71-80(3,4)5)73-86-76(81)69-67-65-63-61-59-57-55-53-51-49-29-27-25-23-21-19-17-15-13-11-9-7-2/h8,10,14,16,20,22,26,28,31-32,34-35,37-38,40-41,43-44,46-47,50,52,75,79H,6-7,9,11-13,15,17-19,21,23-25,27,29-30,33,36,39,42,45,48-49,51,53-74H2,1-5H3/p+1/b10-8-,16-14-,22-20-,28-26-,32-31-,35-34-,38-37-,41-40-,44-43-,47-46-,52-50-. The van der Waals surface area contributed by atoms with Crippen molar-refractivity contribution in [2.75, 3.05) is 47.5 Å². The molecule has 0 aliphatic heterocycles. The Kier molecular flexibility index (Phi) is 64.8. The van der Waals surface area contributed by atoms with E-state index in [0.717, 1.165) is 116 Å². The van der Waals surface area contributed by atoms with Crippen LogP contribution in [0.3, 0.4) is 0 Å². The quantitative estimate of drug-likeness (QED) is 0.0211. The predicted molar refractivity (Wildman–Crippen MR) is 377 cm³/mol.